The van der Waals surface area contributed by atoms with Crippen LogP contribution in [-0.4, -0.2) is 43.7 Å². The number of hydrogen-bond acceptors (Lipinski definition) is 2. The lowest BCUT2D eigenvalue weighted by molar-refractivity contribution is -0.150. The van der Waals surface area contributed by atoms with Gasteiger partial charge in [-0.25, -0.2) is 0 Å². The number of nitrogens with one attached hydrogen (secondary N) is 1. The maximum Gasteiger partial charge on any atom is 0.389 e. The van der Waals surface area contributed by atoms with Gasteiger partial charge in [0.15, 0.2) is 0 Å². The van der Waals surface area contributed by atoms with Crippen LogP contribution in [0.5, 0.6) is 0 Å². The van der Waals surface area contributed by atoms with Crippen LogP contribution in [0.15, 0.2) is 0 Å². The molecule has 18 heavy (non-hydrogen) atoms. The molecule has 1 N–H and O–H groups in total. The van der Waals surface area contributed by atoms with Crippen LogP contribution in [0, 0.1) is 5.92 Å². The first kappa shape index (κ1) is 17.5. The molecule has 7 heteroatoms. The fourth-order valence-electron chi connectivity index (χ4n) is 2.15. The molecule has 0 radical (unpaired) electrons. The molecule has 3 nitrogen and oxygen atoms in total. The van der Waals surface area contributed by atoms with Crippen molar-refractivity contribution in [3.63, 3.8) is 0 Å². The number of amides is 1. The van der Waals surface area contributed by atoms with Crippen LogP contribution in [0.2, 0.25) is 0 Å². The third-order valence-corrected chi connectivity index (χ3v) is 2.99. The molecule has 1 rings (SSSR count). The first-order valence-corrected chi connectivity index (χ1v) is 5.91. The van der Waals surface area contributed by atoms with Gasteiger partial charge < -0.3 is 10.2 Å². The Balaban J connectivity index is 0.00000289. The van der Waals surface area contributed by atoms with Crippen molar-refractivity contribution in [1.29, 1.82) is 0 Å². The number of alkyl halides is 3. The number of carbonyl (C=O) groups is 1. The fraction of sp³-hybridized carbons (Fsp3) is 0.909. The zero-order chi connectivity index (χ0) is 12.9. The van der Waals surface area contributed by atoms with Crippen molar-refractivity contribution < 1.29 is 18.0 Å². The standard InChI is InChI=1S/C11H19F3N2O.ClH/c1-15-7-9-3-2-6-16(8-9)10(17)4-5-11(12,13)14;/h9,15H,2-8H2,1H3;1H. The smallest absolute Gasteiger partial charge is 0.342 e. The maximum atomic E-state index is 12.0. The number of halogens is 4. The number of piperidine rings is 1. The summed E-state index contributed by atoms with van der Waals surface area (Å²) in [6, 6.07) is 0. The van der Waals surface area contributed by atoms with Gasteiger partial charge in [-0.05, 0) is 32.4 Å². The SMILES string of the molecule is CNCC1CCCN(C(=O)CCC(F)(F)F)C1.Cl. The molecule has 1 fully saturated rings. The van der Waals surface area contributed by atoms with Gasteiger partial charge in [0.2, 0.25) is 5.91 Å². The second kappa shape index (κ2) is 7.84. The van der Waals surface area contributed by atoms with Crippen LogP contribution in [0.25, 0.3) is 0 Å². The summed E-state index contributed by atoms with van der Waals surface area (Å²) < 4.78 is 36.0. The van der Waals surface area contributed by atoms with E-state index in [2.05, 4.69) is 5.32 Å². The molecule has 1 atom stereocenters. The summed E-state index contributed by atoms with van der Waals surface area (Å²) in [6.45, 7) is 1.98. The average molecular weight is 289 g/mol. The molecule has 0 aromatic carbocycles. The predicted octanol–water partition coefficient (Wildman–Crippen LogP) is 2.21. The Labute approximate surface area is 112 Å². The van der Waals surface area contributed by atoms with E-state index in [1.165, 1.54) is 0 Å². The fourth-order valence-corrected chi connectivity index (χ4v) is 2.15. The largest absolute Gasteiger partial charge is 0.389 e. The topological polar surface area (TPSA) is 32.3 Å². The molecule has 1 heterocycles. The van der Waals surface area contributed by atoms with Gasteiger partial charge in [-0.2, -0.15) is 13.2 Å². The van der Waals surface area contributed by atoms with Gasteiger partial charge in [-0.3, -0.25) is 4.79 Å². The lowest BCUT2D eigenvalue weighted by Crippen LogP contribution is -2.42. The number of carbonyl (C=O) groups excluding carboxylic acids is 1. The normalized spacial score (nSPS) is 20.4. The van der Waals surface area contributed by atoms with Crippen molar-refractivity contribution >= 4 is 18.3 Å². The summed E-state index contributed by atoms with van der Waals surface area (Å²) in [7, 11) is 1.84. The van der Waals surface area contributed by atoms with E-state index in [0.29, 0.717) is 19.0 Å². The van der Waals surface area contributed by atoms with Crippen molar-refractivity contribution in [2.45, 2.75) is 31.9 Å². The van der Waals surface area contributed by atoms with E-state index in [1.807, 2.05) is 7.05 Å². The maximum absolute atomic E-state index is 12.0. The number of rotatable bonds is 4. The van der Waals surface area contributed by atoms with Gasteiger partial charge in [0.1, 0.15) is 0 Å². The van der Waals surface area contributed by atoms with Gasteiger partial charge in [0, 0.05) is 19.5 Å². The van der Waals surface area contributed by atoms with Crippen molar-refractivity contribution in [2.24, 2.45) is 5.92 Å². The minimum atomic E-state index is -4.24. The second-order valence-electron chi connectivity index (χ2n) is 4.52. The van der Waals surface area contributed by atoms with E-state index in [9.17, 15) is 18.0 Å². The molecular weight excluding hydrogens is 269 g/mol. The second-order valence-corrected chi connectivity index (χ2v) is 4.52. The highest BCUT2D eigenvalue weighted by molar-refractivity contribution is 5.85. The quantitative estimate of drug-likeness (QED) is 0.860. The Morgan fingerprint density at radius 2 is 2.11 bits per heavy atom. The van der Waals surface area contributed by atoms with Gasteiger partial charge in [0.25, 0.3) is 0 Å². The minimum absolute atomic E-state index is 0. The first-order valence-electron chi connectivity index (χ1n) is 5.91. The Hall–Kier alpha value is -0.490. The monoisotopic (exact) mass is 288 g/mol. The summed E-state index contributed by atoms with van der Waals surface area (Å²) in [5.41, 5.74) is 0. The highest BCUT2D eigenvalue weighted by Gasteiger charge is 2.30. The van der Waals surface area contributed by atoms with E-state index in [4.69, 9.17) is 0 Å². The lowest BCUT2D eigenvalue weighted by Gasteiger charge is -2.32. The molecule has 1 aliphatic rings. The van der Waals surface area contributed by atoms with E-state index < -0.39 is 19.0 Å². The molecule has 1 unspecified atom stereocenters. The van der Waals surface area contributed by atoms with Crippen LogP contribution in [0.1, 0.15) is 25.7 Å². The van der Waals surface area contributed by atoms with Crippen molar-refractivity contribution in [3.8, 4) is 0 Å². The van der Waals surface area contributed by atoms with Crippen LogP contribution in [0.3, 0.4) is 0 Å². The molecule has 0 bridgehead atoms. The van der Waals surface area contributed by atoms with Crippen LogP contribution < -0.4 is 5.32 Å². The Kier molecular flexibility index (Phi) is 7.62. The van der Waals surface area contributed by atoms with Crippen molar-refractivity contribution in [1.82, 2.24) is 10.2 Å². The predicted molar refractivity (Wildman–Crippen MR) is 65.8 cm³/mol. The zero-order valence-corrected chi connectivity index (χ0v) is 11.2. The minimum Gasteiger partial charge on any atom is -0.342 e. The molecule has 1 aliphatic heterocycles. The van der Waals surface area contributed by atoms with Crippen LogP contribution >= 0.6 is 12.4 Å². The third kappa shape index (κ3) is 6.44. The highest BCUT2D eigenvalue weighted by atomic mass is 35.5. The summed E-state index contributed by atoms with van der Waals surface area (Å²) in [5, 5.41) is 3.04. The summed E-state index contributed by atoms with van der Waals surface area (Å²) >= 11 is 0. The van der Waals surface area contributed by atoms with Gasteiger partial charge >= 0.3 is 6.18 Å². The molecule has 108 valence electrons. The Morgan fingerprint density at radius 3 is 2.67 bits per heavy atom. The summed E-state index contributed by atoms with van der Waals surface area (Å²) in [6.07, 6.45) is -3.77. The van der Waals surface area contributed by atoms with E-state index in [0.717, 1.165) is 19.4 Å². The Bertz CT molecular complexity index is 259. The summed E-state index contributed by atoms with van der Waals surface area (Å²) in [4.78, 5) is 13.2. The van der Waals surface area contributed by atoms with E-state index >= 15 is 0 Å². The molecule has 1 saturated heterocycles. The van der Waals surface area contributed by atoms with Gasteiger partial charge in [-0.15, -0.1) is 12.4 Å². The molecule has 0 spiro atoms. The Morgan fingerprint density at radius 1 is 1.44 bits per heavy atom. The number of likely N-dealkylation sites (tertiary alicyclic amines) is 1. The average Bonchev–Trinajstić information content (AvgIpc) is 2.26. The van der Waals surface area contributed by atoms with Gasteiger partial charge in [-0.1, -0.05) is 0 Å². The number of hydrogen-bond donors (Lipinski definition) is 1. The van der Waals surface area contributed by atoms with E-state index in [-0.39, 0.29) is 18.3 Å². The molecule has 0 aromatic rings. The lowest BCUT2D eigenvalue weighted by atomic mass is 9.97. The van der Waals surface area contributed by atoms with E-state index in [1.54, 1.807) is 4.90 Å². The van der Waals surface area contributed by atoms with Crippen LogP contribution in [-0.2, 0) is 4.79 Å². The highest BCUT2D eigenvalue weighted by Crippen LogP contribution is 2.23. The van der Waals surface area contributed by atoms with Gasteiger partial charge in [0.05, 0.1) is 6.42 Å². The molecular formula is C11H20ClF3N2O. The molecule has 0 aromatic heterocycles. The molecule has 0 aliphatic carbocycles. The summed E-state index contributed by atoms with van der Waals surface area (Å²) in [5.74, 6) is -0.00767. The molecule has 1 amide bonds. The number of nitrogens with zero attached hydrogens (tertiary/aromatic N) is 1. The van der Waals surface area contributed by atoms with Crippen molar-refractivity contribution in [2.75, 3.05) is 26.7 Å². The third-order valence-electron chi connectivity index (χ3n) is 2.99. The zero-order valence-electron chi connectivity index (χ0n) is 10.4. The van der Waals surface area contributed by atoms with Crippen molar-refractivity contribution in [3.05, 3.63) is 0 Å². The van der Waals surface area contributed by atoms with Crippen LogP contribution in [0.4, 0.5) is 13.2 Å². The molecule has 0 saturated carbocycles. The first-order chi connectivity index (χ1) is 7.92.